The first kappa shape index (κ1) is 26.4. The minimum atomic E-state index is -1.07. The number of nitrogen functional groups attached to an aromatic ring is 1. The summed E-state index contributed by atoms with van der Waals surface area (Å²) < 4.78 is 9.36. The number of hydrogen-bond donors (Lipinski definition) is 3. The van der Waals surface area contributed by atoms with Gasteiger partial charge in [-0.15, -0.1) is 0 Å². The number of rotatable bonds is 8. The van der Waals surface area contributed by atoms with Gasteiger partial charge in [0.15, 0.2) is 5.69 Å². The summed E-state index contributed by atoms with van der Waals surface area (Å²) in [6.45, 7) is 0. The number of carbonyl (C=O) groups is 3. The standard InChI is InChI=1S/C26H28ClN5O4S/c1-36-19-9-5-8-18(14-19)32(26(35)23-20(28)21(24(29)33)31-37-23)22(15-10-12-16(27)13-11-15)25(34)30-17-6-3-2-4-7-17/h5,8-14,17,22H,2-4,6-7,28H2,1H3,(H2,29,33)(H,30,34). The summed E-state index contributed by atoms with van der Waals surface area (Å²) in [6.07, 6.45) is 4.94. The molecule has 194 valence electrons. The Morgan fingerprint density at radius 3 is 2.46 bits per heavy atom. The summed E-state index contributed by atoms with van der Waals surface area (Å²) in [5, 5.41) is 3.63. The van der Waals surface area contributed by atoms with E-state index in [0.717, 1.165) is 43.6 Å². The van der Waals surface area contributed by atoms with Crippen LogP contribution in [0, 0.1) is 0 Å². The highest BCUT2D eigenvalue weighted by Crippen LogP contribution is 2.35. The van der Waals surface area contributed by atoms with Gasteiger partial charge in [-0.2, -0.15) is 4.37 Å². The first-order valence-electron chi connectivity index (χ1n) is 11.9. The van der Waals surface area contributed by atoms with Crippen LogP contribution in [0.4, 0.5) is 11.4 Å². The summed E-state index contributed by atoms with van der Waals surface area (Å²) in [7, 11) is 1.51. The molecule has 1 saturated carbocycles. The molecule has 37 heavy (non-hydrogen) atoms. The zero-order valence-electron chi connectivity index (χ0n) is 20.3. The predicted molar refractivity (Wildman–Crippen MR) is 144 cm³/mol. The predicted octanol–water partition coefficient (Wildman–Crippen LogP) is 4.32. The van der Waals surface area contributed by atoms with Crippen LogP contribution in [-0.2, 0) is 4.79 Å². The molecule has 1 heterocycles. The topological polar surface area (TPSA) is 141 Å². The van der Waals surface area contributed by atoms with E-state index in [1.807, 2.05) is 0 Å². The van der Waals surface area contributed by atoms with Gasteiger partial charge in [0.05, 0.1) is 12.8 Å². The molecule has 1 aliphatic carbocycles. The molecule has 5 N–H and O–H groups in total. The highest BCUT2D eigenvalue weighted by Gasteiger charge is 2.37. The Balaban J connectivity index is 1.85. The molecule has 1 aliphatic rings. The van der Waals surface area contributed by atoms with Gasteiger partial charge in [-0.25, -0.2) is 0 Å². The van der Waals surface area contributed by atoms with E-state index in [1.54, 1.807) is 48.5 Å². The molecule has 3 aromatic rings. The lowest BCUT2D eigenvalue weighted by Gasteiger charge is -2.33. The highest BCUT2D eigenvalue weighted by atomic mass is 35.5. The molecule has 0 radical (unpaired) electrons. The smallest absolute Gasteiger partial charge is 0.273 e. The van der Waals surface area contributed by atoms with E-state index in [-0.39, 0.29) is 28.2 Å². The molecule has 1 unspecified atom stereocenters. The molecule has 9 nitrogen and oxygen atoms in total. The molecule has 0 saturated heterocycles. The second-order valence-electron chi connectivity index (χ2n) is 8.81. The minimum absolute atomic E-state index is 0.000972. The van der Waals surface area contributed by atoms with Gasteiger partial charge in [0.25, 0.3) is 11.8 Å². The second kappa shape index (κ2) is 11.6. The molecule has 11 heteroatoms. The lowest BCUT2D eigenvalue weighted by molar-refractivity contribution is -0.123. The number of nitrogens with two attached hydrogens (primary N) is 2. The fraction of sp³-hybridized carbons (Fsp3) is 0.308. The maximum absolute atomic E-state index is 14.1. The Morgan fingerprint density at radius 2 is 1.84 bits per heavy atom. The third-order valence-electron chi connectivity index (χ3n) is 6.35. The molecule has 2 aromatic carbocycles. The van der Waals surface area contributed by atoms with Crippen LogP contribution in [0.15, 0.2) is 48.5 Å². The number of aromatic nitrogens is 1. The quantitative estimate of drug-likeness (QED) is 0.388. The minimum Gasteiger partial charge on any atom is -0.497 e. The van der Waals surface area contributed by atoms with Crippen molar-refractivity contribution in [3.05, 3.63) is 69.7 Å². The SMILES string of the molecule is COc1cccc(N(C(=O)c2snc(C(N)=O)c2N)C(C(=O)NC2CCCCC2)c2ccc(Cl)cc2)c1. The van der Waals surface area contributed by atoms with Crippen LogP contribution in [0.25, 0.3) is 0 Å². The average molecular weight is 542 g/mol. The molecule has 1 aromatic heterocycles. The first-order valence-corrected chi connectivity index (χ1v) is 13.0. The van der Waals surface area contributed by atoms with E-state index in [2.05, 4.69) is 9.69 Å². The number of anilines is 2. The van der Waals surface area contributed by atoms with Gasteiger partial charge in [0, 0.05) is 22.8 Å². The van der Waals surface area contributed by atoms with Gasteiger partial charge in [-0.05, 0) is 54.2 Å². The number of halogens is 1. The average Bonchev–Trinajstić information content (AvgIpc) is 3.29. The highest BCUT2D eigenvalue weighted by molar-refractivity contribution is 7.09. The maximum Gasteiger partial charge on any atom is 0.273 e. The van der Waals surface area contributed by atoms with Crippen molar-refractivity contribution in [2.75, 3.05) is 17.7 Å². The van der Waals surface area contributed by atoms with Crippen LogP contribution in [-0.4, -0.2) is 35.2 Å². The number of methoxy groups -OCH3 is 1. The summed E-state index contributed by atoms with van der Waals surface area (Å²) in [5.41, 5.74) is 12.1. The zero-order valence-corrected chi connectivity index (χ0v) is 21.8. The van der Waals surface area contributed by atoms with Crippen LogP contribution in [0.5, 0.6) is 5.75 Å². The molecule has 1 fully saturated rings. The van der Waals surface area contributed by atoms with Crippen molar-refractivity contribution in [3.8, 4) is 5.75 Å². The third-order valence-corrected chi connectivity index (χ3v) is 7.45. The Labute approximate surface area is 223 Å². The van der Waals surface area contributed by atoms with E-state index >= 15 is 0 Å². The van der Waals surface area contributed by atoms with Crippen molar-refractivity contribution < 1.29 is 19.1 Å². The number of nitrogens with one attached hydrogen (secondary N) is 1. The Kier molecular flexibility index (Phi) is 8.30. The third kappa shape index (κ3) is 5.86. The number of benzene rings is 2. The molecular formula is C26H28ClN5O4S. The zero-order chi connectivity index (χ0) is 26.5. The van der Waals surface area contributed by atoms with Gasteiger partial charge in [-0.3, -0.25) is 19.3 Å². The molecule has 0 spiro atoms. The fourth-order valence-corrected chi connectivity index (χ4v) is 5.34. The number of carbonyl (C=O) groups excluding carboxylic acids is 3. The number of nitrogens with zero attached hydrogens (tertiary/aromatic N) is 2. The van der Waals surface area contributed by atoms with Gasteiger partial charge in [-0.1, -0.05) is 49.1 Å². The number of primary amides is 1. The van der Waals surface area contributed by atoms with Crippen LogP contribution in [0.2, 0.25) is 5.02 Å². The van der Waals surface area contributed by atoms with Crippen molar-refractivity contribution in [2.45, 2.75) is 44.2 Å². The fourth-order valence-electron chi connectivity index (χ4n) is 4.47. The van der Waals surface area contributed by atoms with Crippen molar-refractivity contribution in [3.63, 3.8) is 0 Å². The maximum atomic E-state index is 14.1. The van der Waals surface area contributed by atoms with Crippen LogP contribution >= 0.6 is 23.1 Å². The lowest BCUT2D eigenvalue weighted by atomic mass is 9.94. The van der Waals surface area contributed by atoms with Gasteiger partial charge in [0.1, 0.15) is 16.7 Å². The second-order valence-corrected chi connectivity index (χ2v) is 10.0. The van der Waals surface area contributed by atoms with E-state index in [4.69, 9.17) is 27.8 Å². The Bertz CT molecular complexity index is 1290. The monoisotopic (exact) mass is 541 g/mol. The van der Waals surface area contributed by atoms with E-state index in [0.29, 0.717) is 22.0 Å². The van der Waals surface area contributed by atoms with Crippen molar-refractivity contribution in [1.29, 1.82) is 0 Å². The van der Waals surface area contributed by atoms with Gasteiger partial charge < -0.3 is 21.5 Å². The largest absolute Gasteiger partial charge is 0.497 e. The van der Waals surface area contributed by atoms with Gasteiger partial charge >= 0.3 is 0 Å². The Morgan fingerprint density at radius 1 is 1.14 bits per heavy atom. The van der Waals surface area contributed by atoms with Crippen molar-refractivity contribution in [1.82, 2.24) is 9.69 Å². The number of ether oxygens (including phenoxy) is 1. The van der Waals surface area contributed by atoms with E-state index in [9.17, 15) is 14.4 Å². The molecule has 3 amide bonds. The van der Waals surface area contributed by atoms with Gasteiger partial charge in [0.2, 0.25) is 5.91 Å². The molecule has 1 atom stereocenters. The molecular weight excluding hydrogens is 514 g/mol. The summed E-state index contributed by atoms with van der Waals surface area (Å²) in [5.74, 6) is -1.30. The molecule has 0 bridgehead atoms. The molecule has 0 aliphatic heterocycles. The molecule has 4 rings (SSSR count). The Hall–Kier alpha value is -3.63. The lowest BCUT2D eigenvalue weighted by Crippen LogP contribution is -2.47. The van der Waals surface area contributed by atoms with Crippen molar-refractivity contribution in [2.24, 2.45) is 5.73 Å². The summed E-state index contributed by atoms with van der Waals surface area (Å²) in [6, 6.07) is 12.5. The van der Waals surface area contributed by atoms with Crippen LogP contribution in [0.3, 0.4) is 0 Å². The number of amides is 3. The van der Waals surface area contributed by atoms with E-state index < -0.39 is 17.9 Å². The van der Waals surface area contributed by atoms with Crippen LogP contribution in [0.1, 0.15) is 63.9 Å². The number of hydrogen-bond acceptors (Lipinski definition) is 7. The van der Waals surface area contributed by atoms with E-state index in [1.165, 1.54) is 12.0 Å². The first-order chi connectivity index (χ1) is 17.8. The van der Waals surface area contributed by atoms with Crippen molar-refractivity contribution >= 4 is 52.2 Å². The summed E-state index contributed by atoms with van der Waals surface area (Å²) in [4.78, 5) is 41.1. The normalized spacial score (nSPS) is 14.5. The van der Waals surface area contributed by atoms with Crippen LogP contribution < -0.4 is 26.4 Å². The summed E-state index contributed by atoms with van der Waals surface area (Å²) >= 11 is 6.89.